The van der Waals surface area contributed by atoms with Gasteiger partial charge in [0.2, 0.25) is 11.8 Å². The lowest BCUT2D eigenvalue weighted by atomic mass is 10.0. The van der Waals surface area contributed by atoms with E-state index in [-0.39, 0.29) is 23.5 Å². The van der Waals surface area contributed by atoms with E-state index in [0.717, 1.165) is 27.6 Å². The molecule has 0 aliphatic heterocycles. The first-order valence-corrected chi connectivity index (χ1v) is 16.3. The van der Waals surface area contributed by atoms with E-state index in [2.05, 4.69) is 5.32 Å². The molecule has 236 valence electrons. The Bertz CT molecular complexity index is 1730. The van der Waals surface area contributed by atoms with E-state index >= 15 is 0 Å². The third-order valence-corrected chi connectivity index (χ3v) is 9.04. The van der Waals surface area contributed by atoms with E-state index in [1.165, 1.54) is 29.2 Å². The number of hydrogen-bond acceptors (Lipinski definition) is 4. The van der Waals surface area contributed by atoms with Crippen molar-refractivity contribution in [1.82, 2.24) is 10.2 Å². The smallest absolute Gasteiger partial charge is 0.264 e. The van der Waals surface area contributed by atoms with Crippen LogP contribution in [-0.2, 0) is 32.6 Å². The van der Waals surface area contributed by atoms with Crippen molar-refractivity contribution in [3.8, 4) is 0 Å². The molecule has 0 fully saturated rings. The Hall–Kier alpha value is -4.21. The first kappa shape index (κ1) is 33.7. The summed E-state index contributed by atoms with van der Waals surface area (Å²) in [5.41, 5.74) is 1.84. The molecule has 0 heterocycles. The zero-order valence-corrected chi connectivity index (χ0v) is 27.3. The maximum Gasteiger partial charge on any atom is 0.264 e. The highest BCUT2D eigenvalue weighted by atomic mass is 35.5. The van der Waals surface area contributed by atoms with Crippen LogP contribution in [0, 0.1) is 12.7 Å². The molecule has 4 aromatic carbocycles. The van der Waals surface area contributed by atoms with Gasteiger partial charge in [-0.05, 0) is 87.4 Å². The predicted molar refractivity (Wildman–Crippen MR) is 176 cm³/mol. The van der Waals surface area contributed by atoms with Gasteiger partial charge in [0.1, 0.15) is 18.4 Å². The molecule has 1 N–H and O–H groups in total. The molecule has 0 aromatic heterocycles. The number of rotatable bonds is 11. The first-order valence-electron chi connectivity index (χ1n) is 14.5. The van der Waals surface area contributed by atoms with Crippen LogP contribution in [0.2, 0.25) is 5.02 Å². The average molecular weight is 650 g/mol. The number of halogens is 2. The number of carbonyl (C=O) groups excluding carboxylic acids is 2. The quantitative estimate of drug-likeness (QED) is 0.200. The maximum atomic E-state index is 14.4. The molecule has 7 nitrogen and oxygen atoms in total. The molecule has 0 aliphatic rings. The summed E-state index contributed by atoms with van der Waals surface area (Å²) < 4.78 is 42.9. The van der Waals surface area contributed by atoms with Gasteiger partial charge in [-0.1, -0.05) is 71.8 Å². The molecule has 10 heteroatoms. The second-order valence-electron chi connectivity index (χ2n) is 11.9. The van der Waals surface area contributed by atoms with Crippen molar-refractivity contribution >= 4 is 39.1 Å². The highest BCUT2D eigenvalue weighted by molar-refractivity contribution is 7.92. The fourth-order valence-corrected chi connectivity index (χ4v) is 6.44. The standard InChI is InChI=1S/C35H37ClFN3O4S/c1-25-13-19-31(20-14-25)45(43,44)40(30-17-15-29(37)16-18-30)24-33(41)39(23-27-11-8-12-28(36)21-27)32(34(42)38-35(2,3)4)22-26-9-6-5-7-10-26/h5-21,32H,22-24H2,1-4H3,(H,38,42)/t32-/m1/s1. The van der Waals surface area contributed by atoms with Crippen LogP contribution >= 0.6 is 11.6 Å². The highest BCUT2D eigenvalue weighted by Gasteiger charge is 2.35. The van der Waals surface area contributed by atoms with Crippen molar-refractivity contribution in [2.45, 2.75) is 57.1 Å². The molecule has 2 amide bonds. The maximum absolute atomic E-state index is 14.4. The van der Waals surface area contributed by atoms with E-state index in [1.807, 2.05) is 58.0 Å². The third kappa shape index (κ3) is 9.15. The molecule has 4 aromatic rings. The average Bonchev–Trinajstić information content (AvgIpc) is 2.98. The summed E-state index contributed by atoms with van der Waals surface area (Å²) in [5, 5.41) is 3.44. The number of nitrogens with one attached hydrogen (secondary N) is 1. The van der Waals surface area contributed by atoms with Crippen LogP contribution in [-0.4, -0.2) is 43.3 Å². The molecule has 45 heavy (non-hydrogen) atoms. The Balaban J connectivity index is 1.81. The number of aryl methyl sites for hydroxylation is 1. The third-order valence-electron chi connectivity index (χ3n) is 7.01. The fraction of sp³-hybridized carbons (Fsp3) is 0.257. The van der Waals surface area contributed by atoms with Gasteiger partial charge in [0.15, 0.2) is 0 Å². The lowest BCUT2D eigenvalue weighted by Crippen LogP contribution is -2.56. The fourth-order valence-electron chi connectivity index (χ4n) is 4.81. The van der Waals surface area contributed by atoms with Gasteiger partial charge in [-0.25, -0.2) is 12.8 Å². The van der Waals surface area contributed by atoms with Crippen LogP contribution < -0.4 is 9.62 Å². The molecular formula is C35H37ClFN3O4S. The topological polar surface area (TPSA) is 86.8 Å². The zero-order chi connectivity index (χ0) is 32.8. The lowest BCUT2D eigenvalue weighted by Gasteiger charge is -2.35. The van der Waals surface area contributed by atoms with Gasteiger partial charge in [-0.15, -0.1) is 0 Å². The van der Waals surface area contributed by atoms with Crippen molar-refractivity contribution in [3.63, 3.8) is 0 Å². The molecule has 0 spiro atoms. The Morgan fingerprint density at radius 2 is 1.49 bits per heavy atom. The van der Waals surface area contributed by atoms with Crippen LogP contribution in [0.5, 0.6) is 0 Å². The van der Waals surface area contributed by atoms with Crippen molar-refractivity contribution in [1.29, 1.82) is 0 Å². The van der Waals surface area contributed by atoms with Crippen LogP contribution in [0.4, 0.5) is 10.1 Å². The number of sulfonamides is 1. The van der Waals surface area contributed by atoms with Gasteiger partial charge < -0.3 is 10.2 Å². The van der Waals surface area contributed by atoms with Crippen molar-refractivity contribution in [3.05, 3.63) is 131 Å². The Morgan fingerprint density at radius 1 is 0.867 bits per heavy atom. The van der Waals surface area contributed by atoms with Crippen LogP contribution in [0.25, 0.3) is 0 Å². The second kappa shape index (κ2) is 14.3. The Morgan fingerprint density at radius 3 is 2.09 bits per heavy atom. The van der Waals surface area contributed by atoms with E-state index < -0.39 is 45.8 Å². The van der Waals surface area contributed by atoms with Crippen LogP contribution in [0.15, 0.2) is 108 Å². The SMILES string of the molecule is Cc1ccc(S(=O)(=O)N(CC(=O)N(Cc2cccc(Cl)c2)[C@H](Cc2ccccc2)C(=O)NC(C)(C)C)c2ccc(F)cc2)cc1. The monoisotopic (exact) mass is 649 g/mol. The summed E-state index contributed by atoms with van der Waals surface area (Å²) >= 11 is 6.28. The van der Waals surface area contributed by atoms with E-state index in [0.29, 0.717) is 10.6 Å². The number of nitrogens with zero attached hydrogens (tertiary/aromatic N) is 2. The van der Waals surface area contributed by atoms with Gasteiger partial charge in [0.05, 0.1) is 10.6 Å². The summed E-state index contributed by atoms with van der Waals surface area (Å²) in [4.78, 5) is 29.7. The predicted octanol–water partition coefficient (Wildman–Crippen LogP) is 6.54. The summed E-state index contributed by atoms with van der Waals surface area (Å²) in [6.07, 6.45) is 0.177. The molecule has 0 aliphatic carbocycles. The number of carbonyl (C=O) groups is 2. The van der Waals surface area contributed by atoms with E-state index in [9.17, 15) is 22.4 Å². The minimum absolute atomic E-state index is 0.0176. The zero-order valence-electron chi connectivity index (χ0n) is 25.7. The van der Waals surface area contributed by atoms with Crippen molar-refractivity contribution < 1.29 is 22.4 Å². The summed E-state index contributed by atoms with van der Waals surface area (Å²) in [7, 11) is -4.28. The number of amides is 2. The Labute approximate surface area is 269 Å². The Kier molecular flexibility index (Phi) is 10.7. The molecule has 1 atom stereocenters. The molecule has 0 bridgehead atoms. The van der Waals surface area contributed by atoms with Gasteiger partial charge >= 0.3 is 0 Å². The number of hydrogen-bond donors (Lipinski definition) is 1. The molecule has 0 unspecified atom stereocenters. The largest absolute Gasteiger partial charge is 0.350 e. The summed E-state index contributed by atoms with van der Waals surface area (Å²) in [5.74, 6) is -1.57. The molecule has 0 saturated heterocycles. The molecule has 4 rings (SSSR count). The summed E-state index contributed by atoms with van der Waals surface area (Å²) in [6.45, 7) is 6.71. The first-order chi connectivity index (χ1) is 21.2. The summed E-state index contributed by atoms with van der Waals surface area (Å²) in [6, 6.07) is 26.4. The molecular weight excluding hydrogens is 613 g/mol. The molecule has 0 radical (unpaired) electrons. The number of benzene rings is 4. The van der Waals surface area contributed by atoms with Gasteiger partial charge in [0, 0.05) is 23.5 Å². The minimum atomic E-state index is -4.28. The second-order valence-corrected chi connectivity index (χ2v) is 14.2. The normalized spacial score (nSPS) is 12.3. The lowest BCUT2D eigenvalue weighted by molar-refractivity contribution is -0.140. The van der Waals surface area contributed by atoms with Crippen LogP contribution in [0.1, 0.15) is 37.5 Å². The minimum Gasteiger partial charge on any atom is -0.350 e. The highest BCUT2D eigenvalue weighted by Crippen LogP contribution is 2.26. The van der Waals surface area contributed by atoms with Crippen molar-refractivity contribution in [2.75, 3.05) is 10.8 Å². The number of anilines is 1. The van der Waals surface area contributed by atoms with Gasteiger partial charge in [-0.3, -0.25) is 13.9 Å². The van der Waals surface area contributed by atoms with Crippen LogP contribution in [0.3, 0.4) is 0 Å². The van der Waals surface area contributed by atoms with E-state index in [4.69, 9.17) is 11.6 Å². The van der Waals surface area contributed by atoms with E-state index in [1.54, 1.807) is 36.4 Å². The van der Waals surface area contributed by atoms with Gasteiger partial charge in [-0.2, -0.15) is 0 Å². The van der Waals surface area contributed by atoms with Crippen molar-refractivity contribution in [2.24, 2.45) is 0 Å². The molecule has 0 saturated carbocycles. The van der Waals surface area contributed by atoms with Gasteiger partial charge in [0.25, 0.3) is 10.0 Å².